The number of ether oxygens (including phenoxy) is 2. The summed E-state index contributed by atoms with van der Waals surface area (Å²) >= 11 is 0. The molecule has 9 heteroatoms. The minimum absolute atomic E-state index is 0.111. The van der Waals surface area contributed by atoms with Gasteiger partial charge >= 0.3 is 6.03 Å². The molecule has 0 radical (unpaired) electrons. The van der Waals surface area contributed by atoms with Gasteiger partial charge in [-0.2, -0.15) is 0 Å². The van der Waals surface area contributed by atoms with Crippen molar-refractivity contribution in [1.82, 2.24) is 4.90 Å². The molecule has 2 amide bonds. The van der Waals surface area contributed by atoms with E-state index in [1.54, 1.807) is 12.0 Å². The summed E-state index contributed by atoms with van der Waals surface area (Å²) in [5.41, 5.74) is 1.24. The molecule has 0 atom stereocenters. The molecule has 0 saturated carbocycles. The molecule has 148 valence electrons. The fraction of sp³-hybridized carbons (Fsp3) is 0.316. The number of nitro benzene ring substituents is 1. The summed E-state index contributed by atoms with van der Waals surface area (Å²) < 4.78 is 10.4. The number of methoxy groups -OCH3 is 2. The van der Waals surface area contributed by atoms with Crippen molar-refractivity contribution < 1.29 is 19.2 Å². The second-order valence-electron chi connectivity index (χ2n) is 6.24. The molecular weight excluding hydrogens is 364 g/mol. The van der Waals surface area contributed by atoms with Crippen LogP contribution in [0.25, 0.3) is 0 Å². The van der Waals surface area contributed by atoms with Crippen molar-refractivity contribution in [2.45, 2.75) is 0 Å². The largest absolute Gasteiger partial charge is 0.497 e. The summed E-state index contributed by atoms with van der Waals surface area (Å²) in [5.74, 6) is 1.17. The molecule has 28 heavy (non-hydrogen) atoms. The molecule has 3 rings (SSSR count). The molecule has 0 spiro atoms. The van der Waals surface area contributed by atoms with Crippen LogP contribution < -0.4 is 19.7 Å². The number of nitro groups is 1. The Hall–Kier alpha value is -3.49. The van der Waals surface area contributed by atoms with Crippen molar-refractivity contribution in [3.05, 3.63) is 52.6 Å². The van der Waals surface area contributed by atoms with Crippen LogP contribution >= 0.6 is 0 Å². The van der Waals surface area contributed by atoms with E-state index in [0.29, 0.717) is 31.9 Å². The normalized spacial score (nSPS) is 13.8. The number of benzene rings is 2. The zero-order valence-electron chi connectivity index (χ0n) is 15.8. The quantitative estimate of drug-likeness (QED) is 0.627. The van der Waals surface area contributed by atoms with Gasteiger partial charge in [0.1, 0.15) is 11.5 Å². The number of anilines is 2. The standard InChI is InChI=1S/C19H22N4O5/c1-27-16-6-3-14(4-7-16)21-9-11-22(12-10-21)19(24)20-17-13-15(23(25)26)5-8-18(17)28-2/h3-8,13H,9-12H2,1-2H3,(H,20,24). The Kier molecular flexibility index (Phi) is 5.83. The molecule has 1 fully saturated rings. The van der Waals surface area contributed by atoms with Gasteiger partial charge < -0.3 is 24.6 Å². The van der Waals surface area contributed by atoms with Crippen molar-refractivity contribution in [1.29, 1.82) is 0 Å². The molecule has 1 aliphatic heterocycles. The highest BCUT2D eigenvalue weighted by Crippen LogP contribution is 2.29. The summed E-state index contributed by atoms with van der Waals surface area (Å²) in [4.78, 5) is 26.9. The van der Waals surface area contributed by atoms with Gasteiger partial charge in [0.15, 0.2) is 0 Å². The Morgan fingerprint density at radius 2 is 1.71 bits per heavy atom. The fourth-order valence-electron chi connectivity index (χ4n) is 3.06. The van der Waals surface area contributed by atoms with E-state index in [4.69, 9.17) is 9.47 Å². The first-order chi connectivity index (χ1) is 13.5. The van der Waals surface area contributed by atoms with Gasteiger partial charge in [0.25, 0.3) is 5.69 Å². The third-order valence-corrected chi connectivity index (χ3v) is 4.64. The van der Waals surface area contributed by atoms with E-state index in [0.717, 1.165) is 11.4 Å². The van der Waals surface area contributed by atoms with Gasteiger partial charge in [-0.25, -0.2) is 4.79 Å². The number of carbonyl (C=O) groups is 1. The van der Waals surface area contributed by atoms with Crippen molar-refractivity contribution in [3.8, 4) is 11.5 Å². The van der Waals surface area contributed by atoms with Crippen molar-refractivity contribution in [2.75, 3.05) is 50.6 Å². The zero-order valence-corrected chi connectivity index (χ0v) is 15.8. The van der Waals surface area contributed by atoms with Gasteiger partial charge in [-0.3, -0.25) is 10.1 Å². The highest BCUT2D eigenvalue weighted by atomic mass is 16.6. The lowest BCUT2D eigenvalue weighted by Crippen LogP contribution is -2.50. The molecule has 1 N–H and O–H groups in total. The van der Waals surface area contributed by atoms with Crippen molar-refractivity contribution >= 4 is 23.1 Å². The number of hydrogen-bond acceptors (Lipinski definition) is 6. The van der Waals surface area contributed by atoms with Crippen LogP contribution in [-0.4, -0.2) is 56.3 Å². The predicted molar refractivity (Wildman–Crippen MR) is 105 cm³/mol. The number of carbonyl (C=O) groups excluding carboxylic acids is 1. The molecule has 0 unspecified atom stereocenters. The summed E-state index contributed by atoms with van der Waals surface area (Å²) in [6.45, 7) is 2.45. The van der Waals surface area contributed by atoms with E-state index >= 15 is 0 Å². The molecular formula is C19H22N4O5. The molecule has 1 aliphatic rings. The van der Waals surface area contributed by atoms with Crippen LogP contribution in [0.15, 0.2) is 42.5 Å². The van der Waals surface area contributed by atoms with Crippen LogP contribution in [0.5, 0.6) is 11.5 Å². The number of nitrogens with one attached hydrogen (secondary N) is 1. The highest BCUT2D eigenvalue weighted by Gasteiger charge is 2.23. The van der Waals surface area contributed by atoms with Crippen molar-refractivity contribution in [3.63, 3.8) is 0 Å². The molecule has 9 nitrogen and oxygen atoms in total. The second-order valence-corrected chi connectivity index (χ2v) is 6.24. The topological polar surface area (TPSA) is 97.2 Å². The summed E-state index contributed by atoms with van der Waals surface area (Å²) in [6.07, 6.45) is 0. The van der Waals surface area contributed by atoms with Crippen LogP contribution in [0.2, 0.25) is 0 Å². The molecule has 1 saturated heterocycles. The van der Waals surface area contributed by atoms with Gasteiger partial charge in [0.2, 0.25) is 0 Å². The number of rotatable bonds is 5. The van der Waals surface area contributed by atoms with Gasteiger partial charge in [-0.05, 0) is 30.3 Å². The minimum atomic E-state index is -0.511. The van der Waals surface area contributed by atoms with E-state index in [-0.39, 0.29) is 17.4 Å². The first-order valence-electron chi connectivity index (χ1n) is 8.79. The molecule has 2 aromatic carbocycles. The second kappa shape index (κ2) is 8.47. The third kappa shape index (κ3) is 4.25. The molecule has 2 aromatic rings. The van der Waals surface area contributed by atoms with E-state index in [1.165, 1.54) is 25.3 Å². The first-order valence-corrected chi connectivity index (χ1v) is 8.79. The highest BCUT2D eigenvalue weighted by molar-refractivity contribution is 5.91. The van der Waals surface area contributed by atoms with E-state index < -0.39 is 4.92 Å². The molecule has 0 aromatic heterocycles. The van der Waals surface area contributed by atoms with Gasteiger partial charge in [-0.15, -0.1) is 0 Å². The third-order valence-electron chi connectivity index (χ3n) is 4.64. The summed E-state index contributed by atoms with van der Waals surface area (Å²) in [7, 11) is 3.08. The zero-order chi connectivity index (χ0) is 20.1. The van der Waals surface area contributed by atoms with Crippen LogP contribution in [0.4, 0.5) is 21.9 Å². The maximum Gasteiger partial charge on any atom is 0.322 e. The van der Waals surface area contributed by atoms with Crippen LogP contribution in [-0.2, 0) is 0 Å². The van der Waals surface area contributed by atoms with Gasteiger partial charge in [0, 0.05) is 44.0 Å². The van der Waals surface area contributed by atoms with E-state index in [2.05, 4.69) is 10.2 Å². The van der Waals surface area contributed by atoms with Crippen LogP contribution in [0.1, 0.15) is 0 Å². The Morgan fingerprint density at radius 3 is 2.29 bits per heavy atom. The smallest absolute Gasteiger partial charge is 0.322 e. The average Bonchev–Trinajstić information content (AvgIpc) is 2.73. The van der Waals surface area contributed by atoms with Crippen molar-refractivity contribution in [2.24, 2.45) is 0 Å². The number of hydrogen-bond donors (Lipinski definition) is 1. The Morgan fingerprint density at radius 1 is 1.04 bits per heavy atom. The van der Waals surface area contributed by atoms with E-state index in [9.17, 15) is 14.9 Å². The maximum absolute atomic E-state index is 12.6. The monoisotopic (exact) mass is 386 g/mol. The maximum atomic E-state index is 12.6. The molecule has 1 heterocycles. The summed E-state index contributed by atoms with van der Waals surface area (Å²) in [5, 5.41) is 13.7. The van der Waals surface area contributed by atoms with E-state index in [1.807, 2.05) is 24.3 Å². The Balaban J connectivity index is 1.62. The van der Waals surface area contributed by atoms with Gasteiger partial charge in [-0.1, -0.05) is 0 Å². The number of amides is 2. The lowest BCUT2D eigenvalue weighted by atomic mass is 10.2. The van der Waals surface area contributed by atoms with Crippen LogP contribution in [0.3, 0.4) is 0 Å². The number of non-ortho nitro benzene ring substituents is 1. The number of urea groups is 1. The summed E-state index contributed by atoms with van der Waals surface area (Å²) in [6, 6.07) is 11.6. The predicted octanol–water partition coefficient (Wildman–Crippen LogP) is 2.97. The lowest BCUT2D eigenvalue weighted by Gasteiger charge is -2.36. The van der Waals surface area contributed by atoms with Crippen LogP contribution in [0, 0.1) is 10.1 Å². The number of piperazine rings is 1. The fourth-order valence-corrected chi connectivity index (χ4v) is 3.06. The Labute approximate surface area is 162 Å². The molecule has 0 bridgehead atoms. The Bertz CT molecular complexity index is 848. The lowest BCUT2D eigenvalue weighted by molar-refractivity contribution is -0.384. The SMILES string of the molecule is COc1ccc(N2CCN(C(=O)Nc3cc([N+](=O)[O-])ccc3OC)CC2)cc1. The first kappa shape index (κ1) is 19.3. The molecule has 0 aliphatic carbocycles. The number of nitrogens with zero attached hydrogens (tertiary/aromatic N) is 3. The van der Waals surface area contributed by atoms with Gasteiger partial charge in [0.05, 0.1) is 24.8 Å². The average molecular weight is 386 g/mol. The minimum Gasteiger partial charge on any atom is -0.497 e.